The molecule has 0 atom stereocenters. The van der Waals surface area contributed by atoms with Crippen LogP contribution < -0.4 is 0 Å². The molecule has 0 aromatic carbocycles. The lowest BCUT2D eigenvalue weighted by Crippen LogP contribution is -2.69. The van der Waals surface area contributed by atoms with Crippen molar-refractivity contribution in [1.29, 1.82) is 0 Å². The Morgan fingerprint density at radius 3 is 1.10 bits per heavy atom. The number of hydrogen-bond donors (Lipinski definition) is 0. The van der Waals surface area contributed by atoms with Gasteiger partial charge in [0, 0.05) is 6.42 Å². The summed E-state index contributed by atoms with van der Waals surface area (Å²) in [5.41, 5.74) is 0. The van der Waals surface area contributed by atoms with Crippen LogP contribution in [0.3, 0.4) is 0 Å². The van der Waals surface area contributed by atoms with Gasteiger partial charge in [0.1, 0.15) is 0 Å². The molecule has 0 aliphatic rings. The maximum absolute atomic E-state index is 12.8. The highest BCUT2D eigenvalue weighted by molar-refractivity contribution is 6.22. The summed E-state index contributed by atoms with van der Waals surface area (Å²) in [6.45, 7) is 2.06. The van der Waals surface area contributed by atoms with Crippen LogP contribution in [0.15, 0.2) is 0 Å². The lowest BCUT2D eigenvalue weighted by atomic mass is 9.93. The van der Waals surface area contributed by atoms with Gasteiger partial charge in [-0.1, -0.05) is 0 Å². The molecule has 0 unspecified atom stereocenters. The van der Waals surface area contributed by atoms with E-state index < -0.39 is 41.4 Å². The standard InChI is InChI=1S/C8H4ClF12/c1-2-3(10,11)4(12,13)5(14,15)6(16,17)7(18,19)8(9,20)21/h1-2H2. The molecular formula is C8H4ClF12. The summed E-state index contributed by atoms with van der Waals surface area (Å²) < 4.78 is 151. The summed E-state index contributed by atoms with van der Waals surface area (Å²) in [6.07, 6.45) is -2.39. The Balaban J connectivity index is 6.14. The Labute approximate surface area is 114 Å². The fraction of sp³-hybridized carbons (Fsp3) is 0.875. The molecule has 0 N–H and O–H groups in total. The van der Waals surface area contributed by atoms with E-state index in [4.69, 9.17) is 0 Å². The van der Waals surface area contributed by atoms with Crippen molar-refractivity contribution >= 4 is 11.6 Å². The van der Waals surface area contributed by atoms with Gasteiger partial charge in [0.05, 0.1) is 0 Å². The van der Waals surface area contributed by atoms with E-state index in [1.54, 1.807) is 0 Å². The van der Waals surface area contributed by atoms with Gasteiger partial charge in [-0.15, -0.1) is 0 Å². The molecule has 0 heterocycles. The summed E-state index contributed by atoms with van der Waals surface area (Å²) >= 11 is 3.47. The minimum absolute atomic E-state index is 2.06. The van der Waals surface area contributed by atoms with Crippen molar-refractivity contribution in [1.82, 2.24) is 0 Å². The summed E-state index contributed by atoms with van der Waals surface area (Å²) in [4.78, 5) is 0. The maximum atomic E-state index is 12.8. The SMILES string of the molecule is [CH2]CC(F)(F)C(F)(F)C(F)(F)C(F)(F)C(F)(F)C(F)(F)Cl. The Morgan fingerprint density at radius 1 is 0.571 bits per heavy atom. The zero-order valence-corrected chi connectivity index (χ0v) is 10.1. The third kappa shape index (κ3) is 2.63. The third-order valence-electron chi connectivity index (χ3n) is 2.31. The molecule has 0 rings (SSSR count). The van der Waals surface area contributed by atoms with Crippen molar-refractivity contribution in [2.24, 2.45) is 0 Å². The Kier molecular flexibility index (Phi) is 4.85. The Bertz CT molecular complexity index is 381. The van der Waals surface area contributed by atoms with Crippen LogP contribution in [0.25, 0.3) is 0 Å². The van der Waals surface area contributed by atoms with Gasteiger partial charge in [-0.2, -0.15) is 52.7 Å². The second kappa shape index (κ2) is 4.98. The fourth-order valence-corrected chi connectivity index (χ4v) is 1.08. The molecule has 127 valence electrons. The van der Waals surface area contributed by atoms with Gasteiger partial charge in [0.15, 0.2) is 0 Å². The molecule has 0 fully saturated rings. The van der Waals surface area contributed by atoms with Gasteiger partial charge < -0.3 is 0 Å². The average molecular weight is 364 g/mol. The molecule has 0 spiro atoms. The van der Waals surface area contributed by atoms with Crippen molar-refractivity contribution in [3.05, 3.63) is 6.92 Å². The molecule has 1 radical (unpaired) electrons. The van der Waals surface area contributed by atoms with Gasteiger partial charge in [-0.3, -0.25) is 0 Å². The van der Waals surface area contributed by atoms with Gasteiger partial charge in [0.25, 0.3) is 0 Å². The van der Waals surface area contributed by atoms with Crippen LogP contribution in [0.1, 0.15) is 6.42 Å². The molecule has 0 aliphatic carbocycles. The number of hydrogen-bond acceptors (Lipinski definition) is 0. The topological polar surface area (TPSA) is 0 Å². The number of halogens is 13. The van der Waals surface area contributed by atoms with E-state index in [2.05, 4.69) is 18.5 Å². The predicted molar refractivity (Wildman–Crippen MR) is 45.5 cm³/mol. The first-order chi connectivity index (χ1) is 8.81. The summed E-state index contributed by atoms with van der Waals surface area (Å²) in [5.74, 6) is -35.5. The van der Waals surface area contributed by atoms with E-state index in [0.717, 1.165) is 0 Å². The predicted octanol–water partition coefficient (Wildman–Crippen LogP) is 5.22. The first-order valence-corrected chi connectivity index (χ1v) is 4.94. The van der Waals surface area contributed by atoms with Gasteiger partial charge in [-0.25, -0.2) is 0 Å². The first-order valence-electron chi connectivity index (χ1n) is 4.56. The maximum Gasteiger partial charge on any atom is 0.393 e. The zero-order valence-electron chi connectivity index (χ0n) is 9.33. The third-order valence-corrected chi connectivity index (χ3v) is 2.55. The Hall–Kier alpha value is -0.550. The van der Waals surface area contributed by atoms with Crippen molar-refractivity contribution in [2.75, 3.05) is 0 Å². The molecular weight excluding hydrogens is 360 g/mol. The number of alkyl halides is 13. The van der Waals surface area contributed by atoms with Crippen LogP contribution in [0.4, 0.5) is 52.7 Å². The van der Waals surface area contributed by atoms with Crippen LogP contribution in [0.5, 0.6) is 0 Å². The quantitative estimate of drug-likeness (QED) is 0.448. The van der Waals surface area contributed by atoms with Crippen molar-refractivity contribution in [3.63, 3.8) is 0 Å². The van der Waals surface area contributed by atoms with E-state index in [0.29, 0.717) is 0 Å². The van der Waals surface area contributed by atoms with Crippen molar-refractivity contribution in [3.8, 4) is 0 Å². The van der Waals surface area contributed by atoms with Crippen molar-refractivity contribution < 1.29 is 52.7 Å². The summed E-state index contributed by atoms with van der Waals surface area (Å²) in [5, 5.41) is -6.41. The van der Waals surface area contributed by atoms with E-state index >= 15 is 0 Å². The van der Waals surface area contributed by atoms with Crippen LogP contribution in [-0.2, 0) is 0 Å². The second-order valence-electron chi connectivity index (χ2n) is 3.75. The molecule has 0 nitrogen and oxygen atoms in total. The highest BCUT2D eigenvalue weighted by atomic mass is 35.5. The van der Waals surface area contributed by atoms with E-state index in [-0.39, 0.29) is 0 Å². The normalized spacial score (nSPS) is 16.3. The van der Waals surface area contributed by atoms with Gasteiger partial charge in [-0.05, 0) is 18.5 Å². The molecule has 0 amide bonds. The highest BCUT2D eigenvalue weighted by Gasteiger charge is 2.89. The first kappa shape index (κ1) is 20.5. The molecule has 0 saturated carbocycles. The zero-order chi connectivity index (χ0) is 17.7. The largest absolute Gasteiger partial charge is 0.393 e. The minimum atomic E-state index is -7.59. The van der Waals surface area contributed by atoms with Crippen LogP contribution in [0.2, 0.25) is 0 Å². The highest BCUT2D eigenvalue weighted by Crippen LogP contribution is 2.60. The second-order valence-corrected chi connectivity index (χ2v) is 4.22. The molecule has 0 aromatic rings. The number of rotatable bonds is 6. The van der Waals surface area contributed by atoms with Crippen molar-refractivity contribution in [2.45, 2.75) is 41.4 Å². The monoisotopic (exact) mass is 363 g/mol. The molecule has 13 heteroatoms. The molecule has 0 aliphatic heterocycles. The molecule has 0 saturated heterocycles. The molecule has 21 heavy (non-hydrogen) atoms. The van der Waals surface area contributed by atoms with Gasteiger partial charge in [0.2, 0.25) is 0 Å². The lowest BCUT2D eigenvalue weighted by molar-refractivity contribution is -0.416. The molecule has 0 bridgehead atoms. The van der Waals surface area contributed by atoms with Gasteiger partial charge >= 0.3 is 35.0 Å². The van der Waals surface area contributed by atoms with Crippen LogP contribution >= 0.6 is 11.6 Å². The van der Waals surface area contributed by atoms with E-state index in [1.807, 2.05) is 0 Å². The fourth-order valence-electron chi connectivity index (χ4n) is 0.959. The molecule has 0 aromatic heterocycles. The van der Waals surface area contributed by atoms with Crippen LogP contribution in [-0.4, -0.2) is 35.0 Å². The van der Waals surface area contributed by atoms with E-state index in [1.165, 1.54) is 0 Å². The van der Waals surface area contributed by atoms with Crippen LogP contribution in [0, 0.1) is 6.92 Å². The smallest absolute Gasteiger partial charge is 0.200 e. The minimum Gasteiger partial charge on any atom is -0.200 e. The Morgan fingerprint density at radius 2 is 0.857 bits per heavy atom. The van der Waals surface area contributed by atoms with E-state index in [9.17, 15) is 52.7 Å². The summed E-state index contributed by atoms with van der Waals surface area (Å²) in [6, 6.07) is 0. The summed E-state index contributed by atoms with van der Waals surface area (Å²) in [7, 11) is 0. The lowest BCUT2D eigenvalue weighted by Gasteiger charge is -2.39. The average Bonchev–Trinajstić information content (AvgIpc) is 2.26.